The van der Waals surface area contributed by atoms with Crippen LogP contribution in [0.5, 0.6) is 5.75 Å². The Morgan fingerprint density at radius 3 is 2.76 bits per heavy atom. The molecule has 8 nitrogen and oxygen atoms in total. The molecule has 1 aliphatic heterocycles. The Kier molecular flexibility index (Phi) is 7.03. The SMILES string of the molecule is CC[C@H](C)NC(=O)N1CCC[C@H](c2nnc(C(=O)Nc3ccc(OC)cc3)s2)C1. The minimum atomic E-state index is -0.291. The Morgan fingerprint density at radius 2 is 2.07 bits per heavy atom. The van der Waals surface area contributed by atoms with Crippen LogP contribution in [0.1, 0.15) is 53.8 Å². The normalized spacial score (nSPS) is 17.5. The maximum absolute atomic E-state index is 12.5. The van der Waals surface area contributed by atoms with Gasteiger partial charge in [-0.3, -0.25) is 4.79 Å². The number of ether oxygens (including phenoxy) is 1. The lowest BCUT2D eigenvalue weighted by Crippen LogP contribution is -2.47. The van der Waals surface area contributed by atoms with E-state index >= 15 is 0 Å². The Balaban J connectivity index is 1.60. The second kappa shape index (κ2) is 9.69. The van der Waals surface area contributed by atoms with Crippen molar-refractivity contribution in [1.82, 2.24) is 20.4 Å². The number of hydrogen-bond donors (Lipinski definition) is 2. The molecule has 0 spiro atoms. The van der Waals surface area contributed by atoms with E-state index in [4.69, 9.17) is 4.74 Å². The van der Waals surface area contributed by atoms with Gasteiger partial charge in [0.25, 0.3) is 5.91 Å². The molecule has 1 aromatic heterocycles. The van der Waals surface area contributed by atoms with E-state index in [2.05, 4.69) is 20.8 Å². The first-order valence-corrected chi connectivity index (χ1v) is 10.7. The highest BCUT2D eigenvalue weighted by molar-refractivity contribution is 7.13. The zero-order chi connectivity index (χ0) is 20.8. The molecule has 1 saturated heterocycles. The van der Waals surface area contributed by atoms with Gasteiger partial charge in [0.05, 0.1) is 7.11 Å². The summed E-state index contributed by atoms with van der Waals surface area (Å²) in [7, 11) is 1.59. The predicted molar refractivity (Wildman–Crippen MR) is 113 cm³/mol. The summed E-state index contributed by atoms with van der Waals surface area (Å²) < 4.78 is 5.12. The first kappa shape index (κ1) is 21.0. The Bertz CT molecular complexity index is 839. The number of hydrogen-bond acceptors (Lipinski definition) is 6. The average Bonchev–Trinajstić information content (AvgIpc) is 3.25. The van der Waals surface area contributed by atoms with Crippen LogP contribution < -0.4 is 15.4 Å². The van der Waals surface area contributed by atoms with Crippen LogP contribution in [-0.2, 0) is 0 Å². The monoisotopic (exact) mass is 417 g/mol. The van der Waals surface area contributed by atoms with E-state index in [1.54, 1.807) is 31.4 Å². The zero-order valence-electron chi connectivity index (χ0n) is 17.0. The molecule has 1 aromatic carbocycles. The van der Waals surface area contributed by atoms with Gasteiger partial charge < -0.3 is 20.3 Å². The van der Waals surface area contributed by atoms with Crippen molar-refractivity contribution in [1.29, 1.82) is 0 Å². The number of urea groups is 1. The summed E-state index contributed by atoms with van der Waals surface area (Å²) in [6.07, 6.45) is 2.74. The van der Waals surface area contributed by atoms with Gasteiger partial charge in [0.2, 0.25) is 5.01 Å². The molecule has 2 aromatic rings. The van der Waals surface area contributed by atoms with E-state index in [1.807, 2.05) is 18.7 Å². The summed E-state index contributed by atoms with van der Waals surface area (Å²) >= 11 is 1.29. The molecule has 2 N–H and O–H groups in total. The number of likely N-dealkylation sites (tertiary alicyclic amines) is 1. The molecule has 2 atom stereocenters. The van der Waals surface area contributed by atoms with E-state index in [1.165, 1.54) is 11.3 Å². The number of nitrogens with zero attached hydrogens (tertiary/aromatic N) is 3. The number of piperidine rings is 1. The van der Waals surface area contributed by atoms with Gasteiger partial charge in [0, 0.05) is 30.7 Å². The smallest absolute Gasteiger partial charge is 0.317 e. The highest BCUT2D eigenvalue weighted by Gasteiger charge is 2.28. The Labute approximate surface area is 174 Å². The number of rotatable bonds is 6. The third-order valence-electron chi connectivity index (χ3n) is 5.02. The van der Waals surface area contributed by atoms with Crippen LogP contribution in [0, 0.1) is 0 Å². The third kappa shape index (κ3) is 5.44. The van der Waals surface area contributed by atoms with Crippen molar-refractivity contribution in [3.63, 3.8) is 0 Å². The topological polar surface area (TPSA) is 96.5 Å². The highest BCUT2D eigenvalue weighted by Crippen LogP contribution is 2.29. The fraction of sp³-hybridized carbons (Fsp3) is 0.500. The van der Waals surface area contributed by atoms with E-state index in [0.717, 1.165) is 36.6 Å². The van der Waals surface area contributed by atoms with E-state index < -0.39 is 0 Å². The third-order valence-corrected chi connectivity index (χ3v) is 6.11. The first-order valence-electron chi connectivity index (χ1n) is 9.84. The maximum Gasteiger partial charge on any atom is 0.317 e. The lowest BCUT2D eigenvalue weighted by atomic mass is 9.99. The quantitative estimate of drug-likeness (QED) is 0.750. The fourth-order valence-corrected chi connectivity index (χ4v) is 3.98. The molecule has 0 bridgehead atoms. The van der Waals surface area contributed by atoms with Crippen LogP contribution in [0.4, 0.5) is 10.5 Å². The molecule has 0 unspecified atom stereocenters. The van der Waals surface area contributed by atoms with Gasteiger partial charge >= 0.3 is 6.03 Å². The second-order valence-electron chi connectivity index (χ2n) is 7.17. The van der Waals surface area contributed by atoms with Crippen LogP contribution in [0.15, 0.2) is 24.3 Å². The predicted octanol–water partition coefficient (Wildman–Crippen LogP) is 3.49. The summed E-state index contributed by atoms with van der Waals surface area (Å²) in [6.45, 7) is 5.38. The van der Waals surface area contributed by atoms with Gasteiger partial charge in [0.1, 0.15) is 10.8 Å². The van der Waals surface area contributed by atoms with Gasteiger partial charge in [0.15, 0.2) is 0 Å². The van der Waals surface area contributed by atoms with Crippen LogP contribution in [0.2, 0.25) is 0 Å². The molecule has 1 fully saturated rings. The number of methoxy groups -OCH3 is 1. The number of benzene rings is 1. The molecule has 9 heteroatoms. The molecule has 0 saturated carbocycles. The van der Waals surface area contributed by atoms with Crippen molar-refractivity contribution in [2.45, 2.75) is 45.1 Å². The lowest BCUT2D eigenvalue weighted by Gasteiger charge is -2.32. The average molecular weight is 418 g/mol. The lowest BCUT2D eigenvalue weighted by molar-refractivity contribution is 0.102. The molecule has 29 heavy (non-hydrogen) atoms. The number of carbonyl (C=O) groups excluding carboxylic acids is 2. The van der Waals surface area contributed by atoms with Crippen molar-refractivity contribution in [3.8, 4) is 5.75 Å². The molecule has 3 rings (SSSR count). The van der Waals surface area contributed by atoms with Crippen LogP contribution in [0.3, 0.4) is 0 Å². The Morgan fingerprint density at radius 1 is 1.31 bits per heavy atom. The molecule has 156 valence electrons. The van der Waals surface area contributed by atoms with Gasteiger partial charge in [-0.05, 0) is 50.5 Å². The van der Waals surface area contributed by atoms with E-state index in [9.17, 15) is 9.59 Å². The summed E-state index contributed by atoms with van der Waals surface area (Å²) in [5, 5.41) is 15.2. The molecule has 1 aliphatic rings. The van der Waals surface area contributed by atoms with Gasteiger partial charge in [-0.25, -0.2) is 4.79 Å². The summed E-state index contributed by atoms with van der Waals surface area (Å²) in [5.74, 6) is 0.535. The van der Waals surface area contributed by atoms with Crippen LogP contribution >= 0.6 is 11.3 Å². The summed E-state index contributed by atoms with van der Waals surface area (Å²) in [6, 6.07) is 7.22. The molecular formula is C20H27N5O3S. The Hall–Kier alpha value is -2.68. The largest absolute Gasteiger partial charge is 0.497 e. The van der Waals surface area contributed by atoms with E-state index in [0.29, 0.717) is 17.2 Å². The van der Waals surface area contributed by atoms with Crippen molar-refractivity contribution >= 4 is 29.0 Å². The van der Waals surface area contributed by atoms with E-state index in [-0.39, 0.29) is 23.9 Å². The molecule has 2 heterocycles. The second-order valence-corrected chi connectivity index (χ2v) is 8.18. The number of amides is 3. The van der Waals surface area contributed by atoms with Gasteiger partial charge in [-0.1, -0.05) is 18.3 Å². The molecule has 0 aliphatic carbocycles. The zero-order valence-corrected chi connectivity index (χ0v) is 17.8. The highest BCUT2D eigenvalue weighted by atomic mass is 32.1. The standard InChI is InChI=1S/C20H27N5O3S/c1-4-13(2)21-20(27)25-11-5-6-14(12-25)18-23-24-19(29-18)17(26)22-15-7-9-16(28-3)10-8-15/h7-10,13-14H,4-6,11-12H2,1-3H3,(H,21,27)(H,22,26)/t13-,14-/m0/s1. The van der Waals surface area contributed by atoms with Gasteiger partial charge in [-0.2, -0.15) is 0 Å². The fourth-order valence-electron chi connectivity index (χ4n) is 3.12. The number of anilines is 1. The summed E-state index contributed by atoms with van der Waals surface area (Å²) in [5.41, 5.74) is 0.665. The van der Waals surface area contributed by atoms with Gasteiger partial charge in [-0.15, -0.1) is 10.2 Å². The minimum Gasteiger partial charge on any atom is -0.497 e. The summed E-state index contributed by atoms with van der Waals surface area (Å²) in [4.78, 5) is 26.7. The molecule has 0 radical (unpaired) electrons. The first-order chi connectivity index (χ1) is 14.0. The van der Waals surface area contributed by atoms with Crippen LogP contribution in [0.25, 0.3) is 0 Å². The maximum atomic E-state index is 12.5. The van der Waals surface area contributed by atoms with Crippen molar-refractivity contribution in [2.75, 3.05) is 25.5 Å². The van der Waals surface area contributed by atoms with Crippen LogP contribution in [-0.4, -0.2) is 53.3 Å². The number of nitrogens with one attached hydrogen (secondary N) is 2. The minimum absolute atomic E-state index is 0.0361. The van der Waals surface area contributed by atoms with Crippen molar-refractivity contribution < 1.29 is 14.3 Å². The molecular weight excluding hydrogens is 390 g/mol. The van der Waals surface area contributed by atoms with Crippen molar-refractivity contribution in [2.24, 2.45) is 0 Å². The van der Waals surface area contributed by atoms with Crippen molar-refractivity contribution in [3.05, 3.63) is 34.3 Å². The number of carbonyl (C=O) groups is 2. The molecule has 3 amide bonds. The number of aromatic nitrogens is 2.